The maximum Gasteiger partial charge on any atom is 0.308 e. The molecular weight excluding hydrogens is 236 g/mol. The van der Waals surface area contributed by atoms with Crippen LogP contribution in [0.2, 0.25) is 0 Å². The molecule has 0 saturated carbocycles. The van der Waals surface area contributed by atoms with Crippen LogP contribution in [-0.2, 0) is 4.79 Å². The van der Waals surface area contributed by atoms with Gasteiger partial charge in [0.1, 0.15) is 5.75 Å². The van der Waals surface area contributed by atoms with Crippen molar-refractivity contribution in [2.75, 3.05) is 6.61 Å². The first-order valence-corrected chi connectivity index (χ1v) is 5.79. The quantitative estimate of drug-likeness (QED) is 0.646. The van der Waals surface area contributed by atoms with Crippen molar-refractivity contribution in [3.8, 4) is 23.0 Å². The van der Waals surface area contributed by atoms with Gasteiger partial charge in [-0.05, 0) is 20.8 Å². The van der Waals surface area contributed by atoms with Crippen LogP contribution in [0, 0.1) is 0 Å². The molecule has 5 heteroatoms. The predicted molar refractivity (Wildman–Crippen MR) is 66.3 cm³/mol. The number of benzene rings is 1. The number of rotatable bonds is 5. The molecule has 0 radical (unpaired) electrons. The highest BCUT2D eigenvalue weighted by molar-refractivity contribution is 5.72. The van der Waals surface area contributed by atoms with Crippen LogP contribution >= 0.6 is 0 Å². The Bertz CT molecular complexity index is 426. The highest BCUT2D eigenvalue weighted by Gasteiger charge is 2.17. The second kappa shape index (κ2) is 6.14. The molecule has 0 aromatic heterocycles. The van der Waals surface area contributed by atoms with Crippen LogP contribution in [0.4, 0.5) is 0 Å². The van der Waals surface area contributed by atoms with E-state index in [1.807, 2.05) is 13.8 Å². The molecule has 0 fully saturated rings. The third kappa shape index (κ3) is 3.84. The molecule has 1 rings (SSSR count). The lowest BCUT2D eigenvalue weighted by atomic mass is 10.2. The van der Waals surface area contributed by atoms with Crippen LogP contribution < -0.4 is 14.2 Å². The van der Waals surface area contributed by atoms with Crippen molar-refractivity contribution >= 4 is 5.97 Å². The summed E-state index contributed by atoms with van der Waals surface area (Å²) in [5.74, 6) is 0.267. The molecule has 0 aliphatic carbocycles. The first kappa shape index (κ1) is 14.2. The molecule has 0 spiro atoms. The summed E-state index contributed by atoms with van der Waals surface area (Å²) in [6.45, 7) is 7.15. The van der Waals surface area contributed by atoms with Gasteiger partial charge in [0.05, 0.1) is 12.7 Å². The van der Waals surface area contributed by atoms with Crippen molar-refractivity contribution in [2.24, 2.45) is 0 Å². The van der Waals surface area contributed by atoms with E-state index in [0.717, 1.165) is 0 Å². The average Bonchev–Trinajstić information content (AvgIpc) is 2.22. The molecule has 0 atom stereocenters. The van der Waals surface area contributed by atoms with Gasteiger partial charge < -0.3 is 19.3 Å². The van der Waals surface area contributed by atoms with Gasteiger partial charge >= 0.3 is 5.97 Å². The highest BCUT2D eigenvalue weighted by Crippen LogP contribution is 2.41. The van der Waals surface area contributed by atoms with Gasteiger partial charge in [-0.2, -0.15) is 0 Å². The van der Waals surface area contributed by atoms with Gasteiger partial charge in [-0.25, -0.2) is 0 Å². The van der Waals surface area contributed by atoms with Gasteiger partial charge in [-0.15, -0.1) is 0 Å². The number of hydrogen-bond donors (Lipinski definition) is 1. The summed E-state index contributed by atoms with van der Waals surface area (Å²) < 4.78 is 15.9. The number of ether oxygens (including phenoxy) is 3. The highest BCUT2D eigenvalue weighted by atomic mass is 16.6. The minimum absolute atomic E-state index is 0.00926. The van der Waals surface area contributed by atoms with E-state index in [2.05, 4.69) is 0 Å². The van der Waals surface area contributed by atoms with Gasteiger partial charge in [0, 0.05) is 19.1 Å². The Balaban J connectivity index is 3.22. The van der Waals surface area contributed by atoms with E-state index in [9.17, 15) is 9.90 Å². The van der Waals surface area contributed by atoms with E-state index in [1.54, 1.807) is 6.92 Å². The second-order valence-corrected chi connectivity index (χ2v) is 3.96. The third-order valence-corrected chi connectivity index (χ3v) is 1.91. The first-order valence-electron chi connectivity index (χ1n) is 5.79. The molecule has 1 aromatic carbocycles. The normalized spacial score (nSPS) is 10.3. The van der Waals surface area contributed by atoms with Gasteiger partial charge in [0.25, 0.3) is 0 Å². The van der Waals surface area contributed by atoms with Gasteiger partial charge in [-0.3, -0.25) is 4.79 Å². The van der Waals surface area contributed by atoms with E-state index >= 15 is 0 Å². The molecule has 0 saturated heterocycles. The standard InChI is InChI=1S/C13H18O5/c1-5-16-11-6-10(15)7-12(17-8(2)3)13(11)18-9(4)14/h6-8,15H,5H2,1-4H3. The second-order valence-electron chi connectivity index (χ2n) is 3.96. The van der Waals surface area contributed by atoms with Crippen molar-refractivity contribution in [3.63, 3.8) is 0 Å². The van der Waals surface area contributed by atoms with Crippen molar-refractivity contribution in [1.82, 2.24) is 0 Å². The molecule has 0 aliphatic rings. The van der Waals surface area contributed by atoms with Crippen LogP contribution in [-0.4, -0.2) is 23.8 Å². The molecule has 0 unspecified atom stereocenters. The van der Waals surface area contributed by atoms with E-state index in [-0.39, 0.29) is 29.1 Å². The zero-order chi connectivity index (χ0) is 13.7. The number of phenolic OH excluding ortho intramolecular Hbond substituents is 1. The molecule has 0 heterocycles. The van der Waals surface area contributed by atoms with Crippen molar-refractivity contribution < 1.29 is 24.1 Å². The summed E-state index contributed by atoms with van der Waals surface area (Å²) in [6, 6.07) is 2.77. The molecule has 1 N–H and O–H groups in total. The van der Waals surface area contributed by atoms with Crippen LogP contribution in [0.1, 0.15) is 27.7 Å². The van der Waals surface area contributed by atoms with E-state index in [1.165, 1.54) is 19.1 Å². The first-order chi connectivity index (χ1) is 8.43. The fourth-order valence-electron chi connectivity index (χ4n) is 1.41. The van der Waals surface area contributed by atoms with Crippen LogP contribution in [0.5, 0.6) is 23.0 Å². The smallest absolute Gasteiger partial charge is 0.308 e. The van der Waals surface area contributed by atoms with Crippen LogP contribution in [0.15, 0.2) is 12.1 Å². The topological polar surface area (TPSA) is 65.0 Å². The van der Waals surface area contributed by atoms with Gasteiger partial charge in [0.15, 0.2) is 11.5 Å². The Labute approximate surface area is 106 Å². The summed E-state index contributed by atoms with van der Waals surface area (Å²) in [4.78, 5) is 11.1. The Morgan fingerprint density at radius 1 is 1.33 bits per heavy atom. The lowest BCUT2D eigenvalue weighted by Crippen LogP contribution is -2.10. The summed E-state index contributed by atoms with van der Waals surface area (Å²) in [7, 11) is 0. The van der Waals surface area contributed by atoms with E-state index in [0.29, 0.717) is 6.61 Å². The molecule has 0 aliphatic heterocycles. The van der Waals surface area contributed by atoms with E-state index < -0.39 is 5.97 Å². The molecule has 0 amide bonds. The number of carbonyl (C=O) groups excluding carboxylic acids is 1. The number of hydrogen-bond acceptors (Lipinski definition) is 5. The fraction of sp³-hybridized carbons (Fsp3) is 0.462. The number of aromatic hydroxyl groups is 1. The van der Waals surface area contributed by atoms with Crippen LogP contribution in [0.25, 0.3) is 0 Å². The molecule has 100 valence electrons. The summed E-state index contributed by atoms with van der Waals surface area (Å²) in [6.07, 6.45) is -0.115. The minimum Gasteiger partial charge on any atom is -0.508 e. The van der Waals surface area contributed by atoms with Crippen molar-refractivity contribution in [2.45, 2.75) is 33.8 Å². The maximum absolute atomic E-state index is 11.1. The monoisotopic (exact) mass is 254 g/mol. The Morgan fingerprint density at radius 3 is 2.44 bits per heavy atom. The van der Waals surface area contributed by atoms with Crippen LogP contribution in [0.3, 0.4) is 0 Å². The SMILES string of the molecule is CCOc1cc(O)cc(OC(C)C)c1OC(C)=O. The Kier molecular flexibility index (Phi) is 4.83. The zero-order valence-corrected chi connectivity index (χ0v) is 11.0. The number of phenols is 1. The molecule has 5 nitrogen and oxygen atoms in total. The maximum atomic E-state index is 11.1. The Morgan fingerprint density at radius 2 is 1.94 bits per heavy atom. The predicted octanol–water partition coefficient (Wildman–Crippen LogP) is 2.50. The third-order valence-electron chi connectivity index (χ3n) is 1.91. The molecule has 18 heavy (non-hydrogen) atoms. The van der Waals surface area contributed by atoms with Gasteiger partial charge in [-0.1, -0.05) is 0 Å². The summed E-state index contributed by atoms with van der Waals surface area (Å²) in [5, 5.41) is 9.59. The number of esters is 1. The van der Waals surface area contributed by atoms with Crippen molar-refractivity contribution in [3.05, 3.63) is 12.1 Å². The molecule has 0 bridgehead atoms. The lowest BCUT2D eigenvalue weighted by molar-refractivity contribution is -0.132. The summed E-state index contributed by atoms with van der Waals surface area (Å²) >= 11 is 0. The van der Waals surface area contributed by atoms with Crippen molar-refractivity contribution in [1.29, 1.82) is 0 Å². The molecular formula is C13H18O5. The molecule has 1 aromatic rings. The van der Waals surface area contributed by atoms with Gasteiger partial charge in [0.2, 0.25) is 5.75 Å². The Hall–Kier alpha value is -1.91. The average molecular weight is 254 g/mol. The van der Waals surface area contributed by atoms with E-state index in [4.69, 9.17) is 14.2 Å². The zero-order valence-electron chi connectivity index (χ0n) is 11.0. The lowest BCUT2D eigenvalue weighted by Gasteiger charge is -2.17. The summed E-state index contributed by atoms with van der Waals surface area (Å²) in [5.41, 5.74) is 0. The largest absolute Gasteiger partial charge is 0.508 e. The number of carbonyl (C=O) groups is 1. The minimum atomic E-state index is -0.477. The fourth-order valence-corrected chi connectivity index (χ4v) is 1.41.